The van der Waals surface area contributed by atoms with Crippen LogP contribution in [0.5, 0.6) is 0 Å². The molecule has 6 heteroatoms. The Morgan fingerprint density at radius 3 is 1.81 bits per heavy atom. The summed E-state index contributed by atoms with van der Waals surface area (Å²) in [7, 11) is 0. The Bertz CT molecular complexity index is 268. The van der Waals surface area contributed by atoms with E-state index in [2.05, 4.69) is 0 Å². The highest BCUT2D eigenvalue weighted by Gasteiger charge is 2.59. The molecule has 96 valence electrons. The average Bonchev–Trinajstić information content (AvgIpc) is 2.15. The summed E-state index contributed by atoms with van der Waals surface area (Å²) < 4.78 is 0. The molecule has 5 N–H and O–H groups in total. The van der Waals surface area contributed by atoms with Crippen LogP contribution in [0.2, 0.25) is 0 Å². The highest BCUT2D eigenvalue weighted by Crippen LogP contribution is 2.35. The Balaban J connectivity index is 5.42. The van der Waals surface area contributed by atoms with Crippen LogP contribution in [0.25, 0.3) is 0 Å². The van der Waals surface area contributed by atoms with Gasteiger partial charge < -0.3 is 25.5 Å². The monoisotopic (exact) mass is 236 g/mol. The number of aliphatic hydroxyl groups excluding tert-OH is 2. The second-order valence-corrected chi connectivity index (χ2v) is 4.55. The normalized spacial score (nSPS) is 25.1. The maximum absolute atomic E-state index is 11.2. The Labute approximate surface area is 94.2 Å². The van der Waals surface area contributed by atoms with Gasteiger partial charge in [-0.1, -0.05) is 0 Å². The summed E-state index contributed by atoms with van der Waals surface area (Å²) >= 11 is 0. The lowest BCUT2D eigenvalue weighted by molar-refractivity contribution is -0.251. The fourth-order valence-corrected chi connectivity index (χ4v) is 1.34. The van der Waals surface area contributed by atoms with Crippen molar-refractivity contribution in [1.29, 1.82) is 0 Å². The maximum Gasteiger partial charge on any atom is 0.164 e. The first-order valence-corrected chi connectivity index (χ1v) is 4.90. The highest BCUT2D eigenvalue weighted by atomic mass is 16.4. The molecule has 0 saturated carbocycles. The molecular weight excluding hydrogens is 216 g/mol. The van der Waals surface area contributed by atoms with Crippen molar-refractivity contribution in [1.82, 2.24) is 0 Å². The molecule has 0 rings (SSSR count). The summed E-state index contributed by atoms with van der Waals surface area (Å²) in [4.78, 5) is 11.2. The third-order valence-corrected chi connectivity index (χ3v) is 3.44. The van der Waals surface area contributed by atoms with Crippen molar-refractivity contribution in [2.75, 3.05) is 6.61 Å². The lowest BCUT2D eigenvalue weighted by atomic mass is 9.69. The summed E-state index contributed by atoms with van der Waals surface area (Å²) in [6, 6.07) is 0. The zero-order valence-corrected chi connectivity index (χ0v) is 9.93. The number of hydrogen-bond acceptors (Lipinski definition) is 6. The minimum Gasteiger partial charge on any atom is -0.394 e. The molecule has 0 heterocycles. The molecule has 0 spiro atoms. The first-order valence-electron chi connectivity index (χ1n) is 4.90. The van der Waals surface area contributed by atoms with E-state index in [1.54, 1.807) is 0 Å². The van der Waals surface area contributed by atoms with Gasteiger partial charge in [0.2, 0.25) is 0 Å². The van der Waals surface area contributed by atoms with Crippen LogP contribution >= 0.6 is 0 Å². The second-order valence-electron chi connectivity index (χ2n) is 4.55. The summed E-state index contributed by atoms with van der Waals surface area (Å²) in [6.07, 6.45) is -1.69. The molecule has 0 aromatic heterocycles. The minimum absolute atomic E-state index is 0.761. The van der Waals surface area contributed by atoms with E-state index in [-0.39, 0.29) is 0 Å². The molecule has 0 aliphatic rings. The van der Waals surface area contributed by atoms with E-state index in [9.17, 15) is 25.2 Å². The summed E-state index contributed by atoms with van der Waals surface area (Å²) in [5.41, 5.74) is -6.79. The van der Waals surface area contributed by atoms with Crippen molar-refractivity contribution in [2.24, 2.45) is 0 Å². The third kappa shape index (κ3) is 2.11. The molecule has 0 aromatic rings. The lowest BCUT2D eigenvalue weighted by Crippen LogP contribution is -2.70. The SMILES string of the molecule is CC(=O)[C@](C)(O)[C@@](C)(O)[C@](C)(O)[C@H](O)CO. The first kappa shape index (κ1) is 15.5. The van der Waals surface area contributed by atoms with Crippen LogP contribution < -0.4 is 0 Å². The van der Waals surface area contributed by atoms with Crippen molar-refractivity contribution in [3.8, 4) is 0 Å². The van der Waals surface area contributed by atoms with Gasteiger partial charge in [-0.2, -0.15) is 0 Å². The predicted molar refractivity (Wildman–Crippen MR) is 55.6 cm³/mol. The van der Waals surface area contributed by atoms with Crippen LogP contribution in [-0.2, 0) is 4.79 Å². The van der Waals surface area contributed by atoms with Gasteiger partial charge in [0.1, 0.15) is 17.3 Å². The molecule has 0 aromatic carbocycles. The predicted octanol–water partition coefficient (Wildman–Crippen LogP) is -1.82. The maximum atomic E-state index is 11.2. The number of ketones is 1. The largest absolute Gasteiger partial charge is 0.394 e. The Morgan fingerprint density at radius 2 is 1.56 bits per heavy atom. The molecule has 0 aliphatic carbocycles. The standard InChI is InChI=1S/C10H20O6/c1-6(12)8(2,14)10(4,16)9(3,15)7(13)5-11/h7,11,13-16H,5H2,1-4H3/t7-,8+,9-,10-/m1/s1. The average molecular weight is 236 g/mol. The smallest absolute Gasteiger partial charge is 0.164 e. The molecule has 0 unspecified atom stereocenters. The summed E-state index contributed by atoms with van der Waals surface area (Å²) in [6.45, 7) is 3.33. The van der Waals surface area contributed by atoms with Gasteiger partial charge in [0.15, 0.2) is 11.4 Å². The first-order chi connectivity index (χ1) is 6.92. The zero-order valence-electron chi connectivity index (χ0n) is 9.93. The van der Waals surface area contributed by atoms with E-state index in [0.717, 1.165) is 27.7 Å². The van der Waals surface area contributed by atoms with E-state index < -0.39 is 35.3 Å². The third-order valence-electron chi connectivity index (χ3n) is 3.44. The van der Waals surface area contributed by atoms with E-state index in [1.165, 1.54) is 0 Å². The second kappa shape index (κ2) is 4.38. The van der Waals surface area contributed by atoms with Crippen LogP contribution in [0, 0.1) is 0 Å². The Kier molecular flexibility index (Phi) is 4.24. The number of hydrogen-bond donors (Lipinski definition) is 5. The van der Waals surface area contributed by atoms with Crippen LogP contribution in [0.15, 0.2) is 0 Å². The van der Waals surface area contributed by atoms with Gasteiger partial charge in [-0.15, -0.1) is 0 Å². The van der Waals surface area contributed by atoms with Crippen molar-refractivity contribution >= 4 is 5.78 Å². The van der Waals surface area contributed by atoms with Crippen molar-refractivity contribution in [3.63, 3.8) is 0 Å². The summed E-state index contributed by atoms with van der Waals surface area (Å²) in [5.74, 6) is -0.761. The topological polar surface area (TPSA) is 118 Å². The van der Waals surface area contributed by atoms with Crippen LogP contribution in [0.1, 0.15) is 27.7 Å². The van der Waals surface area contributed by atoms with Gasteiger partial charge in [0.05, 0.1) is 6.61 Å². The zero-order chi connectivity index (χ0) is 13.4. The van der Waals surface area contributed by atoms with Crippen LogP contribution in [-0.4, -0.2) is 60.8 Å². The quantitative estimate of drug-likeness (QED) is 0.383. The van der Waals surface area contributed by atoms with Gasteiger partial charge in [0, 0.05) is 0 Å². The molecule has 4 atom stereocenters. The van der Waals surface area contributed by atoms with Gasteiger partial charge >= 0.3 is 0 Å². The molecule has 0 radical (unpaired) electrons. The molecule has 16 heavy (non-hydrogen) atoms. The number of carbonyl (C=O) groups is 1. The van der Waals surface area contributed by atoms with E-state index >= 15 is 0 Å². The molecule has 0 fully saturated rings. The van der Waals surface area contributed by atoms with Crippen molar-refractivity contribution < 1.29 is 30.3 Å². The van der Waals surface area contributed by atoms with Crippen LogP contribution in [0.3, 0.4) is 0 Å². The van der Waals surface area contributed by atoms with E-state index in [4.69, 9.17) is 5.11 Å². The van der Waals surface area contributed by atoms with Gasteiger partial charge in [-0.25, -0.2) is 0 Å². The number of aliphatic hydroxyl groups is 5. The van der Waals surface area contributed by atoms with E-state index in [0.29, 0.717) is 0 Å². The van der Waals surface area contributed by atoms with Crippen molar-refractivity contribution in [2.45, 2.75) is 50.6 Å². The van der Waals surface area contributed by atoms with Gasteiger partial charge in [0.25, 0.3) is 0 Å². The summed E-state index contributed by atoms with van der Waals surface area (Å²) in [5, 5.41) is 48.0. The fourth-order valence-electron chi connectivity index (χ4n) is 1.34. The molecule has 0 bridgehead atoms. The molecule has 0 amide bonds. The van der Waals surface area contributed by atoms with Gasteiger partial charge in [-0.3, -0.25) is 4.79 Å². The van der Waals surface area contributed by atoms with Crippen molar-refractivity contribution in [3.05, 3.63) is 0 Å². The van der Waals surface area contributed by atoms with Gasteiger partial charge in [-0.05, 0) is 27.7 Å². The Hall–Kier alpha value is -0.530. The molecule has 0 aliphatic heterocycles. The number of Topliss-reactive ketones (excluding diaryl/α,β-unsaturated/α-hetero) is 1. The lowest BCUT2D eigenvalue weighted by Gasteiger charge is -2.47. The molecule has 6 nitrogen and oxygen atoms in total. The fraction of sp³-hybridized carbons (Fsp3) is 0.900. The van der Waals surface area contributed by atoms with E-state index in [1.807, 2.05) is 0 Å². The molecule has 0 saturated heterocycles. The number of carbonyl (C=O) groups excluding carboxylic acids is 1. The Morgan fingerprint density at radius 1 is 1.19 bits per heavy atom. The minimum atomic E-state index is -2.31. The number of rotatable bonds is 5. The molecular formula is C10H20O6. The van der Waals surface area contributed by atoms with Crippen LogP contribution in [0.4, 0.5) is 0 Å². The highest BCUT2D eigenvalue weighted by molar-refractivity contribution is 5.86.